The molecule has 0 aliphatic carbocycles. The van der Waals surface area contributed by atoms with Crippen LogP contribution in [0.5, 0.6) is 5.75 Å². The van der Waals surface area contributed by atoms with Crippen molar-refractivity contribution < 1.29 is 19.4 Å². The van der Waals surface area contributed by atoms with Gasteiger partial charge in [0.15, 0.2) is 6.61 Å². The predicted octanol–water partition coefficient (Wildman–Crippen LogP) is 3.73. The second kappa shape index (κ2) is 10.2. The molecule has 6 nitrogen and oxygen atoms in total. The van der Waals surface area contributed by atoms with Crippen LogP contribution in [0, 0.1) is 0 Å². The van der Waals surface area contributed by atoms with Gasteiger partial charge >= 0.3 is 5.97 Å². The van der Waals surface area contributed by atoms with Crippen molar-refractivity contribution in [3.8, 4) is 5.75 Å². The molecule has 0 unspecified atom stereocenters. The molecule has 0 spiro atoms. The van der Waals surface area contributed by atoms with Gasteiger partial charge in [0.25, 0.3) is 0 Å². The van der Waals surface area contributed by atoms with Crippen LogP contribution in [0.25, 0.3) is 0 Å². The maximum Gasteiger partial charge on any atom is 0.341 e. The van der Waals surface area contributed by atoms with Crippen LogP contribution in [-0.4, -0.2) is 59.1 Å². The number of halogens is 2. The smallest absolute Gasteiger partial charge is 0.341 e. The van der Waals surface area contributed by atoms with Crippen LogP contribution in [0.2, 0.25) is 10.0 Å². The highest BCUT2D eigenvalue weighted by molar-refractivity contribution is 6.30. The zero-order chi connectivity index (χ0) is 21.7. The fourth-order valence-corrected chi connectivity index (χ4v) is 3.94. The first-order valence-electron chi connectivity index (χ1n) is 9.71. The zero-order valence-corrected chi connectivity index (χ0v) is 18.2. The molecule has 0 radical (unpaired) electrons. The Bertz CT molecular complexity index is 905. The van der Waals surface area contributed by atoms with E-state index in [0.29, 0.717) is 48.4 Å². The number of aliphatic carboxylic acids is 1. The Morgan fingerprint density at radius 1 is 1.10 bits per heavy atom. The van der Waals surface area contributed by atoms with Crippen LogP contribution in [0.1, 0.15) is 18.1 Å². The number of ether oxygens (including phenoxy) is 1. The number of hydrogen-bond donors (Lipinski definition) is 1. The number of benzene rings is 2. The average Bonchev–Trinajstić information content (AvgIpc) is 2.69. The van der Waals surface area contributed by atoms with Crippen molar-refractivity contribution in [2.24, 2.45) is 0 Å². The standard InChI is InChI=1S/C22H24Cl2N2O4/c1-15-12-25(13-17-11-19(24)6-7-20(17)30-14-22(28)29)8-9-26(15)21(27)10-16-2-4-18(23)5-3-16/h2-7,11,15H,8-10,12-14H2,1H3,(H,28,29)/t15-/m0/s1. The van der Waals surface area contributed by atoms with Crippen molar-refractivity contribution in [3.63, 3.8) is 0 Å². The molecule has 0 bridgehead atoms. The molecule has 160 valence electrons. The van der Waals surface area contributed by atoms with E-state index in [-0.39, 0.29) is 11.9 Å². The molecule has 0 saturated carbocycles. The van der Waals surface area contributed by atoms with Crippen molar-refractivity contribution >= 4 is 35.1 Å². The Morgan fingerprint density at radius 3 is 2.47 bits per heavy atom. The first kappa shape index (κ1) is 22.4. The zero-order valence-electron chi connectivity index (χ0n) is 16.7. The van der Waals surface area contributed by atoms with Crippen LogP contribution in [0.4, 0.5) is 0 Å². The fraction of sp³-hybridized carbons (Fsp3) is 0.364. The number of carboxylic acids is 1. The number of rotatable bonds is 7. The minimum Gasteiger partial charge on any atom is -0.482 e. The molecule has 2 aromatic rings. The van der Waals surface area contributed by atoms with Gasteiger partial charge in [-0.1, -0.05) is 35.3 Å². The minimum absolute atomic E-state index is 0.0566. The molecule has 0 aromatic heterocycles. The lowest BCUT2D eigenvalue weighted by Crippen LogP contribution is -2.54. The SMILES string of the molecule is C[C@H]1CN(Cc2cc(Cl)ccc2OCC(=O)O)CCN1C(=O)Cc1ccc(Cl)cc1. The third kappa shape index (κ3) is 6.11. The molecular formula is C22H24Cl2N2O4. The number of piperazine rings is 1. The lowest BCUT2D eigenvalue weighted by atomic mass is 10.1. The third-order valence-electron chi connectivity index (χ3n) is 5.07. The second-order valence-corrected chi connectivity index (χ2v) is 8.28. The van der Waals surface area contributed by atoms with Gasteiger partial charge in [0.1, 0.15) is 5.75 Å². The van der Waals surface area contributed by atoms with Crippen LogP contribution in [-0.2, 0) is 22.6 Å². The highest BCUT2D eigenvalue weighted by Gasteiger charge is 2.27. The molecule has 1 heterocycles. The van der Waals surface area contributed by atoms with Gasteiger partial charge in [-0.15, -0.1) is 0 Å². The summed E-state index contributed by atoms with van der Waals surface area (Å²) in [5.41, 5.74) is 1.77. The van der Waals surface area contributed by atoms with Gasteiger partial charge in [-0.25, -0.2) is 4.79 Å². The van der Waals surface area contributed by atoms with Gasteiger partial charge in [0, 0.05) is 47.8 Å². The second-order valence-electron chi connectivity index (χ2n) is 7.41. The summed E-state index contributed by atoms with van der Waals surface area (Å²) in [6.45, 7) is 4.24. The van der Waals surface area contributed by atoms with E-state index in [0.717, 1.165) is 11.1 Å². The number of nitrogens with zero attached hydrogens (tertiary/aromatic N) is 2. The third-order valence-corrected chi connectivity index (χ3v) is 5.56. The molecule has 1 aliphatic heterocycles. The van der Waals surface area contributed by atoms with Crippen molar-refractivity contribution in [2.75, 3.05) is 26.2 Å². The number of hydrogen-bond acceptors (Lipinski definition) is 4. The average molecular weight is 451 g/mol. The van der Waals surface area contributed by atoms with Gasteiger partial charge in [0.05, 0.1) is 6.42 Å². The first-order valence-corrected chi connectivity index (χ1v) is 10.5. The molecule has 1 saturated heterocycles. The molecule has 8 heteroatoms. The van der Waals surface area contributed by atoms with Crippen molar-refractivity contribution in [1.82, 2.24) is 9.80 Å². The molecule has 1 N–H and O–H groups in total. The van der Waals surface area contributed by atoms with Gasteiger partial charge in [-0.3, -0.25) is 9.69 Å². The summed E-state index contributed by atoms with van der Waals surface area (Å²) in [5.74, 6) is -0.425. The lowest BCUT2D eigenvalue weighted by Gasteiger charge is -2.40. The number of carbonyl (C=O) groups is 2. The van der Waals surface area contributed by atoms with E-state index in [1.807, 2.05) is 24.0 Å². The predicted molar refractivity (Wildman–Crippen MR) is 116 cm³/mol. The largest absolute Gasteiger partial charge is 0.482 e. The Kier molecular flexibility index (Phi) is 7.58. The summed E-state index contributed by atoms with van der Waals surface area (Å²) in [6, 6.07) is 12.6. The quantitative estimate of drug-likeness (QED) is 0.695. The number of carbonyl (C=O) groups excluding carboxylic acids is 1. The van der Waals surface area contributed by atoms with E-state index in [9.17, 15) is 9.59 Å². The summed E-state index contributed by atoms with van der Waals surface area (Å²) >= 11 is 12.0. The highest BCUT2D eigenvalue weighted by Crippen LogP contribution is 2.25. The molecular weight excluding hydrogens is 427 g/mol. The van der Waals surface area contributed by atoms with Crippen LogP contribution >= 0.6 is 23.2 Å². The van der Waals surface area contributed by atoms with E-state index in [1.165, 1.54) is 0 Å². The van der Waals surface area contributed by atoms with Crippen LogP contribution < -0.4 is 4.74 Å². The Morgan fingerprint density at radius 2 is 1.80 bits per heavy atom. The maximum absolute atomic E-state index is 12.8. The summed E-state index contributed by atoms with van der Waals surface area (Å²) in [5, 5.41) is 10.1. The van der Waals surface area contributed by atoms with Crippen LogP contribution in [0.15, 0.2) is 42.5 Å². The summed E-state index contributed by atoms with van der Waals surface area (Å²) in [4.78, 5) is 27.7. The molecule has 1 atom stereocenters. The molecule has 30 heavy (non-hydrogen) atoms. The van der Waals surface area contributed by atoms with Crippen molar-refractivity contribution in [1.29, 1.82) is 0 Å². The normalized spacial score (nSPS) is 17.0. The molecule has 2 aromatic carbocycles. The van der Waals surface area contributed by atoms with Crippen molar-refractivity contribution in [3.05, 3.63) is 63.6 Å². The maximum atomic E-state index is 12.8. The molecule has 1 amide bonds. The van der Waals surface area contributed by atoms with Gasteiger partial charge in [0.2, 0.25) is 5.91 Å². The van der Waals surface area contributed by atoms with E-state index in [2.05, 4.69) is 4.90 Å². The number of carboxylic acid groups (broad SMARTS) is 1. The van der Waals surface area contributed by atoms with Gasteiger partial charge in [-0.05, 0) is 42.8 Å². The van der Waals surface area contributed by atoms with Crippen LogP contribution in [0.3, 0.4) is 0 Å². The first-order chi connectivity index (χ1) is 14.3. The number of amides is 1. The molecule has 1 fully saturated rings. The monoisotopic (exact) mass is 450 g/mol. The van der Waals surface area contributed by atoms with Gasteiger partial charge < -0.3 is 14.7 Å². The molecule has 3 rings (SSSR count). The van der Waals surface area contributed by atoms with E-state index >= 15 is 0 Å². The minimum atomic E-state index is -1.03. The highest BCUT2D eigenvalue weighted by atomic mass is 35.5. The topological polar surface area (TPSA) is 70.1 Å². The summed E-state index contributed by atoms with van der Waals surface area (Å²) in [6.07, 6.45) is 0.350. The van der Waals surface area contributed by atoms with Gasteiger partial charge in [-0.2, -0.15) is 0 Å². The Labute approximate surface area is 185 Å². The molecule has 1 aliphatic rings. The Hall–Kier alpha value is -2.28. The summed E-state index contributed by atoms with van der Waals surface area (Å²) < 4.78 is 5.40. The fourth-order valence-electron chi connectivity index (χ4n) is 3.62. The summed E-state index contributed by atoms with van der Waals surface area (Å²) in [7, 11) is 0. The van der Waals surface area contributed by atoms with Crippen molar-refractivity contribution in [2.45, 2.75) is 25.9 Å². The lowest BCUT2D eigenvalue weighted by molar-refractivity contribution is -0.139. The van der Waals surface area contributed by atoms with E-state index < -0.39 is 12.6 Å². The Balaban J connectivity index is 1.60. The van der Waals surface area contributed by atoms with E-state index in [1.54, 1.807) is 30.3 Å². The van der Waals surface area contributed by atoms with E-state index in [4.69, 9.17) is 33.0 Å².